The Balaban J connectivity index is 2.92. The average Bonchev–Trinajstić information content (AvgIpc) is 2.77. The van der Waals surface area contributed by atoms with E-state index in [1.807, 2.05) is 0 Å². The van der Waals surface area contributed by atoms with E-state index in [0.29, 0.717) is 0 Å². The monoisotopic (exact) mass is 306 g/mol. The highest BCUT2D eigenvalue weighted by atomic mass is 32.2. The van der Waals surface area contributed by atoms with E-state index in [1.165, 1.54) is 31.3 Å². The first-order valence-electron chi connectivity index (χ1n) is 5.20. The molecule has 0 aliphatic rings. The predicted octanol–water partition coefficient (Wildman–Crippen LogP) is 0.201. The highest BCUT2D eigenvalue weighted by molar-refractivity contribution is 7.91. The van der Waals surface area contributed by atoms with Crippen molar-refractivity contribution in [3.63, 3.8) is 0 Å². The maximum Gasteiger partial charge on any atom is 0.336 e. The van der Waals surface area contributed by atoms with Crippen LogP contribution < -0.4 is 4.72 Å². The molecule has 0 radical (unpaired) electrons. The van der Waals surface area contributed by atoms with Gasteiger partial charge in [-0.3, -0.25) is 4.79 Å². The number of hydrogen-bond donors (Lipinski definition) is 2. The number of hydrogen-bond acceptors (Lipinski definition) is 5. The molecule has 1 heterocycles. The Morgan fingerprint density at radius 1 is 1.42 bits per heavy atom. The standard InChI is InChI=1S/C10H14N2O5S2/c1-6(9(13)12(2)3)11-19(16,17)8-4-7(5-18-8)10(14)15/h4-6,11H,1-3H3,(H,14,15). The summed E-state index contributed by atoms with van der Waals surface area (Å²) in [4.78, 5) is 23.5. The van der Waals surface area contributed by atoms with Gasteiger partial charge in [0.2, 0.25) is 5.91 Å². The van der Waals surface area contributed by atoms with Crippen LogP contribution in [0.15, 0.2) is 15.7 Å². The van der Waals surface area contributed by atoms with E-state index in [4.69, 9.17) is 5.11 Å². The number of likely N-dealkylation sites (N-methyl/N-ethyl adjacent to an activating group) is 1. The molecule has 7 nitrogen and oxygen atoms in total. The van der Waals surface area contributed by atoms with Crippen LogP contribution >= 0.6 is 11.3 Å². The molecule has 0 fully saturated rings. The minimum absolute atomic E-state index is 0.100. The largest absolute Gasteiger partial charge is 0.478 e. The first kappa shape index (κ1) is 15.6. The van der Waals surface area contributed by atoms with Crippen molar-refractivity contribution >= 4 is 33.2 Å². The van der Waals surface area contributed by atoms with Crippen LogP contribution in [-0.2, 0) is 14.8 Å². The number of sulfonamides is 1. The van der Waals surface area contributed by atoms with E-state index in [9.17, 15) is 18.0 Å². The second-order valence-corrected chi connectivity index (χ2v) is 6.89. The third-order valence-electron chi connectivity index (χ3n) is 2.23. The Labute approximate surface area is 114 Å². The number of carboxylic acids is 1. The quantitative estimate of drug-likeness (QED) is 0.809. The number of carbonyl (C=O) groups excluding carboxylic acids is 1. The van der Waals surface area contributed by atoms with Crippen LogP contribution in [0.1, 0.15) is 17.3 Å². The Morgan fingerprint density at radius 2 is 2.00 bits per heavy atom. The first-order valence-corrected chi connectivity index (χ1v) is 7.56. The van der Waals surface area contributed by atoms with Gasteiger partial charge in [-0.2, -0.15) is 4.72 Å². The van der Waals surface area contributed by atoms with Crippen molar-refractivity contribution in [2.24, 2.45) is 0 Å². The Morgan fingerprint density at radius 3 is 2.42 bits per heavy atom. The van der Waals surface area contributed by atoms with Crippen LogP contribution in [0.3, 0.4) is 0 Å². The van der Waals surface area contributed by atoms with Crippen molar-refractivity contribution in [3.8, 4) is 0 Å². The van der Waals surface area contributed by atoms with E-state index in [2.05, 4.69) is 4.72 Å². The zero-order chi connectivity index (χ0) is 14.8. The van der Waals surface area contributed by atoms with Gasteiger partial charge in [0.1, 0.15) is 4.21 Å². The van der Waals surface area contributed by atoms with Gasteiger partial charge in [-0.1, -0.05) is 0 Å². The summed E-state index contributed by atoms with van der Waals surface area (Å²) in [5, 5.41) is 9.97. The van der Waals surface area contributed by atoms with Crippen LogP contribution in [-0.4, -0.2) is 50.4 Å². The molecule has 0 spiro atoms. The van der Waals surface area contributed by atoms with Crippen molar-refractivity contribution in [3.05, 3.63) is 17.0 Å². The molecule has 0 saturated carbocycles. The second kappa shape index (κ2) is 5.68. The fraction of sp³-hybridized carbons (Fsp3) is 0.400. The van der Waals surface area contributed by atoms with E-state index in [0.717, 1.165) is 17.4 Å². The fourth-order valence-electron chi connectivity index (χ4n) is 1.30. The molecule has 1 rings (SSSR count). The van der Waals surface area contributed by atoms with Crippen LogP contribution in [0.25, 0.3) is 0 Å². The second-order valence-electron chi connectivity index (χ2n) is 4.04. The summed E-state index contributed by atoms with van der Waals surface area (Å²) in [5.41, 5.74) is -0.100. The molecule has 1 amide bonds. The van der Waals surface area contributed by atoms with Gasteiger partial charge in [-0.15, -0.1) is 11.3 Å². The minimum atomic E-state index is -3.89. The number of aromatic carboxylic acids is 1. The molecule has 2 N–H and O–H groups in total. The lowest BCUT2D eigenvalue weighted by molar-refractivity contribution is -0.130. The van der Waals surface area contributed by atoms with Crippen LogP contribution in [0.4, 0.5) is 0 Å². The lowest BCUT2D eigenvalue weighted by Gasteiger charge is -2.17. The number of nitrogens with one attached hydrogen (secondary N) is 1. The molecule has 1 unspecified atom stereocenters. The first-order chi connectivity index (χ1) is 8.65. The lowest BCUT2D eigenvalue weighted by Crippen LogP contribution is -2.43. The smallest absolute Gasteiger partial charge is 0.336 e. The van der Waals surface area contributed by atoms with Crippen LogP contribution in [0.2, 0.25) is 0 Å². The maximum absolute atomic E-state index is 11.9. The van der Waals surface area contributed by atoms with Crippen LogP contribution in [0, 0.1) is 0 Å². The van der Waals surface area contributed by atoms with Gasteiger partial charge >= 0.3 is 5.97 Å². The third kappa shape index (κ3) is 3.75. The van der Waals surface area contributed by atoms with Crippen molar-refractivity contribution in [1.29, 1.82) is 0 Å². The Hall–Kier alpha value is -1.45. The summed E-state index contributed by atoms with van der Waals surface area (Å²) in [6.07, 6.45) is 0. The third-order valence-corrected chi connectivity index (χ3v) is 5.21. The minimum Gasteiger partial charge on any atom is -0.478 e. The molecule has 1 aromatic heterocycles. The van der Waals surface area contributed by atoms with E-state index in [-0.39, 0.29) is 9.77 Å². The van der Waals surface area contributed by atoms with Crippen LogP contribution in [0.5, 0.6) is 0 Å². The zero-order valence-corrected chi connectivity index (χ0v) is 12.2. The van der Waals surface area contributed by atoms with E-state index >= 15 is 0 Å². The molecule has 0 aromatic carbocycles. The number of carbonyl (C=O) groups is 2. The van der Waals surface area contributed by atoms with Gasteiger partial charge in [0.25, 0.3) is 10.0 Å². The topological polar surface area (TPSA) is 104 Å². The summed E-state index contributed by atoms with van der Waals surface area (Å²) in [5.74, 6) is -1.59. The average molecular weight is 306 g/mol. The molecule has 9 heteroatoms. The lowest BCUT2D eigenvalue weighted by atomic mass is 10.3. The maximum atomic E-state index is 11.9. The summed E-state index contributed by atoms with van der Waals surface area (Å²) in [7, 11) is -0.864. The fourth-order valence-corrected chi connectivity index (χ4v) is 3.67. The van der Waals surface area contributed by atoms with Gasteiger partial charge in [0, 0.05) is 19.5 Å². The van der Waals surface area contributed by atoms with Gasteiger partial charge < -0.3 is 10.0 Å². The van der Waals surface area contributed by atoms with Gasteiger partial charge in [-0.25, -0.2) is 13.2 Å². The van der Waals surface area contributed by atoms with E-state index < -0.39 is 27.9 Å². The molecular weight excluding hydrogens is 292 g/mol. The number of carboxylic acid groups (broad SMARTS) is 1. The molecule has 19 heavy (non-hydrogen) atoms. The molecule has 0 aliphatic heterocycles. The SMILES string of the molecule is CC(NS(=O)(=O)c1cc(C(=O)O)cs1)C(=O)N(C)C. The van der Waals surface area contributed by atoms with Gasteiger partial charge in [-0.05, 0) is 13.0 Å². The molecule has 0 aliphatic carbocycles. The van der Waals surface area contributed by atoms with Crippen molar-refractivity contribution in [2.45, 2.75) is 17.2 Å². The molecule has 1 aromatic rings. The van der Waals surface area contributed by atoms with Crippen molar-refractivity contribution in [1.82, 2.24) is 9.62 Å². The van der Waals surface area contributed by atoms with Gasteiger partial charge in [0.05, 0.1) is 11.6 Å². The Kier molecular flexibility index (Phi) is 4.66. The molecule has 1 atom stereocenters. The molecule has 106 valence electrons. The highest BCUT2D eigenvalue weighted by Crippen LogP contribution is 2.20. The highest BCUT2D eigenvalue weighted by Gasteiger charge is 2.25. The zero-order valence-electron chi connectivity index (χ0n) is 10.6. The molecular formula is C10H14N2O5S2. The predicted molar refractivity (Wildman–Crippen MR) is 69.8 cm³/mol. The number of rotatable bonds is 5. The van der Waals surface area contributed by atoms with Crippen molar-refractivity contribution in [2.75, 3.05) is 14.1 Å². The summed E-state index contributed by atoms with van der Waals surface area (Å²) < 4.78 is 26.0. The van der Waals surface area contributed by atoms with Crippen molar-refractivity contribution < 1.29 is 23.1 Å². The van der Waals surface area contributed by atoms with Gasteiger partial charge in [0.15, 0.2) is 0 Å². The summed E-state index contributed by atoms with van der Waals surface area (Å²) in [6, 6.07) is 0.137. The summed E-state index contributed by atoms with van der Waals surface area (Å²) in [6.45, 7) is 1.42. The normalized spacial score (nSPS) is 13.0. The number of thiophene rings is 1. The summed E-state index contributed by atoms with van der Waals surface area (Å²) >= 11 is 0.791. The molecule has 0 saturated heterocycles. The van der Waals surface area contributed by atoms with E-state index in [1.54, 1.807) is 0 Å². The number of nitrogens with zero attached hydrogens (tertiary/aromatic N) is 1. The number of amides is 1. The molecule has 0 bridgehead atoms. The Bertz CT molecular complexity index is 591.